The Bertz CT molecular complexity index is 3900. The largest absolute Gasteiger partial charge is 1.00 e. The Morgan fingerprint density at radius 3 is 1.21 bits per heavy atom. The molecular formula is C84H109BrCl2NNaO27S. The number of unbranched alkanes of at least 4 members (excludes halogenated alkanes) is 4. The van der Waals surface area contributed by atoms with Crippen LogP contribution in [0.25, 0.3) is 0 Å². The zero-order valence-corrected chi connectivity index (χ0v) is 74.4. The molecule has 0 aromatic heterocycles. The summed E-state index contributed by atoms with van der Waals surface area (Å²) in [6.45, 7) is 15.5. The van der Waals surface area contributed by atoms with Crippen molar-refractivity contribution in [2.45, 2.75) is 195 Å². The Kier molecular flexibility index (Phi) is 57.2. The minimum atomic E-state index is -1.88. The molecule has 2 saturated heterocycles. The molecule has 2 fully saturated rings. The number of carbonyl (C=O) groups is 13. The Hall–Kier alpha value is -8.93. The number of hydrogen-bond donors (Lipinski definition) is 7. The van der Waals surface area contributed by atoms with Crippen LogP contribution in [-0.4, -0.2) is 158 Å². The number of esters is 7. The van der Waals surface area contributed by atoms with Gasteiger partial charge in [0.15, 0.2) is 16.7 Å². The zero-order valence-electron chi connectivity index (χ0n) is 68.5. The van der Waals surface area contributed by atoms with E-state index in [2.05, 4.69) is 38.0 Å². The number of halogens is 3. The number of aromatic carboxylic acids is 2. The Morgan fingerprint density at radius 2 is 0.863 bits per heavy atom. The second-order valence-electron chi connectivity index (χ2n) is 27.0. The van der Waals surface area contributed by atoms with E-state index in [4.69, 9.17) is 72.6 Å². The fourth-order valence-electron chi connectivity index (χ4n) is 11.2. The molecule has 0 saturated carbocycles. The molecular weight excluding hydrogens is 1660 g/mol. The van der Waals surface area contributed by atoms with E-state index in [-0.39, 0.29) is 82.3 Å². The molecule has 2 unspecified atom stereocenters. The molecule has 33 heteroatoms. The van der Waals surface area contributed by atoms with Gasteiger partial charge in [-0.25, -0.2) is 24.0 Å². The van der Waals surface area contributed by atoms with Crippen molar-refractivity contribution < 1.29 is 161 Å². The second-order valence-corrected chi connectivity index (χ2v) is 28.8. The van der Waals surface area contributed by atoms with Crippen molar-refractivity contribution in [2.24, 2.45) is 28.6 Å². The van der Waals surface area contributed by atoms with Crippen LogP contribution in [0.2, 0.25) is 0 Å². The molecule has 0 aliphatic carbocycles. The molecule has 0 radical (unpaired) electrons. The number of nitriles is 1. The van der Waals surface area contributed by atoms with E-state index in [1.54, 1.807) is 98.8 Å². The van der Waals surface area contributed by atoms with Crippen LogP contribution in [0.15, 0.2) is 121 Å². The molecule has 640 valence electrons. The number of methoxy groups -OCH3 is 3. The van der Waals surface area contributed by atoms with Crippen LogP contribution >= 0.6 is 51.8 Å². The third kappa shape index (κ3) is 41.4. The molecule has 5 aromatic carbocycles. The number of rotatable bonds is 33. The fourth-order valence-corrected chi connectivity index (χ4v) is 11.7. The number of alkyl halides is 3. The maximum atomic E-state index is 12.7. The van der Waals surface area contributed by atoms with Crippen molar-refractivity contribution in [3.05, 3.63) is 177 Å². The molecule has 2 heterocycles. The third-order valence-corrected chi connectivity index (χ3v) is 18.1. The summed E-state index contributed by atoms with van der Waals surface area (Å²) in [4.78, 5) is 150. The Balaban J connectivity index is -0.00000133. The minimum Gasteiger partial charge on any atom is -0.870 e. The number of ether oxygens (including phenoxy) is 7. The summed E-state index contributed by atoms with van der Waals surface area (Å²) in [7, 11) is 3.92. The average Bonchev–Trinajstić information content (AvgIpc) is 0.762. The van der Waals surface area contributed by atoms with Gasteiger partial charge in [-0.05, 0) is 158 Å². The van der Waals surface area contributed by atoms with Crippen molar-refractivity contribution >= 4 is 129 Å². The van der Waals surface area contributed by atoms with Crippen LogP contribution in [0.1, 0.15) is 232 Å². The first-order valence-corrected chi connectivity index (χ1v) is 39.7. The number of nitrogens with zero attached hydrogens (tertiary/aromatic N) is 1. The molecule has 117 heavy (non-hydrogen) atoms. The smallest absolute Gasteiger partial charge is 0.870 e. The van der Waals surface area contributed by atoms with Crippen molar-refractivity contribution in [2.75, 3.05) is 32.4 Å². The van der Waals surface area contributed by atoms with Gasteiger partial charge in [0, 0.05) is 39.9 Å². The number of benzene rings is 5. The second kappa shape index (κ2) is 59.7. The number of carbonyl (C=O) groups excluding carboxylic acids is 7. The number of thiol groups is 1. The molecule has 2 atom stereocenters. The van der Waals surface area contributed by atoms with E-state index < -0.39 is 112 Å². The average molecular weight is 1770 g/mol. The van der Waals surface area contributed by atoms with E-state index in [1.807, 2.05) is 39.8 Å². The first-order valence-electron chi connectivity index (χ1n) is 36.9. The molecule has 2 aliphatic heterocycles. The topological polar surface area (TPSA) is 462 Å². The maximum Gasteiger partial charge on any atom is 1.00 e. The van der Waals surface area contributed by atoms with Crippen LogP contribution in [-0.2, 0) is 103 Å². The summed E-state index contributed by atoms with van der Waals surface area (Å²) in [5, 5.41) is 63.1. The van der Waals surface area contributed by atoms with Crippen LogP contribution in [0.5, 0.6) is 0 Å². The number of aliphatic carboxylic acids is 4. The predicted octanol–water partition coefficient (Wildman–Crippen LogP) is 13.3. The molecule has 7 rings (SSSR count). The summed E-state index contributed by atoms with van der Waals surface area (Å²) in [6.07, 6.45) is 9.78. The molecule has 2 aliphatic rings. The summed E-state index contributed by atoms with van der Waals surface area (Å²) >= 11 is 16.9. The minimum absolute atomic E-state index is 0. The quantitative estimate of drug-likeness (QED) is 0.00512. The van der Waals surface area contributed by atoms with Crippen LogP contribution in [0.3, 0.4) is 0 Å². The normalized spacial score (nSPS) is 13.5. The van der Waals surface area contributed by atoms with Crippen molar-refractivity contribution in [3.63, 3.8) is 0 Å². The molecule has 0 bridgehead atoms. The molecule has 5 aromatic rings. The summed E-state index contributed by atoms with van der Waals surface area (Å²) in [5.74, 6) is -13.1. The standard InChI is InChI=1S/C19H24O6.C16H20O6.C14H18O4.C13H16O4S.C10H16O4.C9H9BrO2.C2H3N.CH2Cl2.Na.H2O/c1-5-6-10-19(16(21)24-18(2,3)25-17(19)22)12-13-8-7-9-14(11-13)15(20)23-4;1-3-4-8-16(14(18)19,15(20)21)10-11-6-5-7-12(9-11)13(17)22-2;1-2-3-6-11(13(15)16)8-10-5-4-7-12(9-10)14(17)18;14-12(15)10-4-1-3-9(7-10)8-11(13(16)17)5-2-6-18;1-4-5-6-7-8(11)13-10(2,3)14-9(7)12;1-12-9(11)8-4-2-3-7(5-8)6-10;1-2-3;2-1-3;;/h7-9,11H,5-6,10,12H2,1-4H3;5-7,9H,3-4,8,10H2,1-2H3,(H,18,19)(H,20,21);4-5,7,9,11H,2-3,6,8H2,1H3,(H,15,16)(H,17,18);1,3-4,7,11,18H,2,5-6,8H2,(H,14,15)(H,16,17);7H,4-6H2,1-3H3;2-5H,6H2,1H3;1H3;1H2;;1H2/q;;;;;;;;+1;/p-1. The van der Waals surface area contributed by atoms with Gasteiger partial charge in [-0.2, -0.15) is 17.9 Å². The summed E-state index contributed by atoms with van der Waals surface area (Å²) in [5.41, 5.74) is 2.05. The monoisotopic (exact) mass is 1770 g/mol. The van der Waals surface area contributed by atoms with Gasteiger partial charge in [0.05, 0.1) is 72.4 Å². The fraction of sp³-hybridized carbons (Fsp3) is 0.476. The van der Waals surface area contributed by atoms with Crippen molar-refractivity contribution in [3.8, 4) is 6.07 Å². The van der Waals surface area contributed by atoms with Crippen LogP contribution in [0, 0.1) is 39.9 Å². The Morgan fingerprint density at radius 1 is 0.530 bits per heavy atom. The van der Waals surface area contributed by atoms with E-state index in [0.717, 1.165) is 60.5 Å². The first kappa shape index (κ1) is 112. The van der Waals surface area contributed by atoms with E-state index in [0.29, 0.717) is 85.8 Å². The number of carboxylic acid groups (broad SMARTS) is 6. The van der Waals surface area contributed by atoms with Crippen LogP contribution < -0.4 is 29.6 Å². The van der Waals surface area contributed by atoms with E-state index in [9.17, 15) is 72.5 Å². The van der Waals surface area contributed by atoms with Gasteiger partial charge in [0.1, 0.15) is 0 Å². The van der Waals surface area contributed by atoms with Crippen molar-refractivity contribution in [1.82, 2.24) is 0 Å². The van der Waals surface area contributed by atoms with Gasteiger partial charge in [-0.1, -0.05) is 156 Å². The first-order chi connectivity index (χ1) is 54.3. The number of carboxylic acids is 6. The van der Waals surface area contributed by atoms with Crippen LogP contribution in [0.4, 0.5) is 0 Å². The predicted molar refractivity (Wildman–Crippen MR) is 437 cm³/mol. The summed E-state index contributed by atoms with van der Waals surface area (Å²) in [6, 6.07) is 34.9. The third-order valence-electron chi connectivity index (χ3n) is 17.1. The molecule has 7 N–H and O–H groups in total. The van der Waals surface area contributed by atoms with E-state index in [1.165, 1.54) is 72.4 Å². The van der Waals surface area contributed by atoms with Gasteiger partial charge in [-0.15, -0.1) is 23.2 Å². The van der Waals surface area contributed by atoms with E-state index >= 15 is 0 Å². The van der Waals surface area contributed by atoms with Gasteiger partial charge in [0.2, 0.25) is 0 Å². The van der Waals surface area contributed by atoms with Gasteiger partial charge >= 0.3 is 107 Å². The molecule has 0 spiro atoms. The SMILES string of the molecule is CC#N.CCCCC(Cc1cccc(C(=O)O)c1)C(=O)O.CCCCC(Cc1cccc(C(=O)OC)c1)(C(=O)O)C(=O)O.CCCCC1(Cc2cccc(C(=O)OC)c2)C(=O)OC(C)(C)OC1=O.CCCCC1C(=O)OC(C)(C)OC1=O.COC(=O)c1cccc(CBr)c1.ClCCl.O=C(O)c1cccc(CC(CCCS)C(=O)O)c1.[Na+].[OH-]. The number of hydrogen-bond acceptors (Lipinski definition) is 23. The number of cyclic esters (lactones) is 4. The maximum absolute atomic E-state index is 12.7. The van der Waals surface area contributed by atoms with Crippen molar-refractivity contribution in [1.29, 1.82) is 5.26 Å². The summed E-state index contributed by atoms with van der Waals surface area (Å²) < 4.78 is 34.6. The zero-order chi connectivity index (χ0) is 87.7. The molecule has 0 amide bonds. The van der Waals surface area contributed by atoms with Gasteiger partial charge < -0.3 is 69.3 Å². The Labute approximate surface area is 729 Å². The van der Waals surface area contributed by atoms with Gasteiger partial charge in [-0.3, -0.25) is 38.4 Å². The molecule has 28 nitrogen and oxygen atoms in total. The van der Waals surface area contributed by atoms with Gasteiger partial charge in [0.25, 0.3) is 11.6 Å².